The third kappa shape index (κ3) is 4.93. The average molecular weight is 426 g/mol. The predicted octanol–water partition coefficient (Wildman–Crippen LogP) is 3.47. The van der Waals surface area contributed by atoms with Gasteiger partial charge in [-0.1, -0.05) is 23.7 Å². The quantitative estimate of drug-likeness (QED) is 0.726. The largest absolute Gasteiger partial charge is 0.444 e. The van der Waals surface area contributed by atoms with Gasteiger partial charge in [-0.25, -0.2) is 4.79 Å². The zero-order chi connectivity index (χ0) is 20.5. The Morgan fingerprint density at radius 2 is 1.71 bits per heavy atom. The van der Waals surface area contributed by atoms with Crippen LogP contribution in [-0.2, 0) is 9.53 Å². The molecule has 2 saturated heterocycles. The molecule has 1 aromatic carbocycles. The highest BCUT2D eigenvalue weighted by Gasteiger charge is 2.45. The third-order valence-electron chi connectivity index (χ3n) is 4.86. The first-order valence-corrected chi connectivity index (χ1v) is 10.9. The molecule has 2 heterocycles. The Balaban J connectivity index is 1.84. The molecule has 1 aromatic rings. The van der Waals surface area contributed by atoms with E-state index in [1.807, 2.05) is 37.8 Å². The Labute approximate surface area is 176 Å². The summed E-state index contributed by atoms with van der Waals surface area (Å²) in [6.07, 6.45) is -0.454. The minimum absolute atomic E-state index is 0.00271. The molecule has 6 nitrogen and oxygen atoms in total. The molecule has 2 fully saturated rings. The molecule has 0 N–H and O–H groups in total. The van der Waals surface area contributed by atoms with E-state index < -0.39 is 17.7 Å². The van der Waals surface area contributed by atoms with Crippen LogP contribution in [0.1, 0.15) is 31.7 Å². The lowest BCUT2D eigenvalue weighted by molar-refractivity contribution is -0.137. The Bertz CT molecular complexity index is 714. The van der Waals surface area contributed by atoms with Crippen molar-refractivity contribution in [1.82, 2.24) is 14.7 Å². The molecule has 2 amide bonds. The van der Waals surface area contributed by atoms with Crippen LogP contribution in [0.5, 0.6) is 0 Å². The molecule has 0 aromatic heterocycles. The highest BCUT2D eigenvalue weighted by molar-refractivity contribution is 7.99. The van der Waals surface area contributed by atoms with Gasteiger partial charge in [0, 0.05) is 37.0 Å². The molecule has 2 atom stereocenters. The summed E-state index contributed by atoms with van der Waals surface area (Å²) in [6.45, 7) is 8.57. The summed E-state index contributed by atoms with van der Waals surface area (Å²) in [7, 11) is 2.05. The van der Waals surface area contributed by atoms with Crippen molar-refractivity contribution in [3.8, 4) is 0 Å². The molecule has 0 saturated carbocycles. The second-order valence-corrected chi connectivity index (χ2v) is 9.82. The number of carbonyl (C=O) groups excluding carboxylic acids is 2. The van der Waals surface area contributed by atoms with Crippen LogP contribution < -0.4 is 0 Å². The van der Waals surface area contributed by atoms with Gasteiger partial charge in [-0.2, -0.15) is 0 Å². The summed E-state index contributed by atoms with van der Waals surface area (Å²) >= 11 is 7.61. The van der Waals surface area contributed by atoms with Crippen molar-refractivity contribution < 1.29 is 14.3 Å². The lowest BCUT2D eigenvalue weighted by atomic mass is 10.1. The van der Waals surface area contributed by atoms with Gasteiger partial charge < -0.3 is 14.5 Å². The maximum atomic E-state index is 13.2. The lowest BCUT2D eigenvalue weighted by Crippen LogP contribution is -2.55. The van der Waals surface area contributed by atoms with Crippen molar-refractivity contribution in [3.05, 3.63) is 34.9 Å². The molecular formula is C20H28ClN3O3S. The van der Waals surface area contributed by atoms with Gasteiger partial charge in [-0.05, 0) is 45.5 Å². The fraction of sp³-hybridized carbons (Fsp3) is 0.600. The van der Waals surface area contributed by atoms with Crippen molar-refractivity contribution in [2.24, 2.45) is 0 Å². The van der Waals surface area contributed by atoms with E-state index in [-0.39, 0.29) is 11.3 Å². The van der Waals surface area contributed by atoms with E-state index in [4.69, 9.17) is 16.3 Å². The fourth-order valence-electron chi connectivity index (χ4n) is 3.36. The maximum Gasteiger partial charge on any atom is 0.412 e. The summed E-state index contributed by atoms with van der Waals surface area (Å²) < 4.78 is 5.65. The number of rotatable bonds is 2. The number of halogens is 1. The molecule has 0 aliphatic carbocycles. The maximum absolute atomic E-state index is 13.2. The monoisotopic (exact) mass is 425 g/mol. The molecule has 0 bridgehead atoms. The van der Waals surface area contributed by atoms with Crippen LogP contribution in [0.15, 0.2) is 24.3 Å². The first-order valence-electron chi connectivity index (χ1n) is 9.51. The van der Waals surface area contributed by atoms with Crippen molar-refractivity contribution in [3.63, 3.8) is 0 Å². The minimum atomic E-state index is -0.629. The molecule has 154 valence electrons. The van der Waals surface area contributed by atoms with Crippen LogP contribution in [0, 0.1) is 0 Å². The Morgan fingerprint density at radius 1 is 1.11 bits per heavy atom. The number of hydrogen-bond donors (Lipinski definition) is 0. The van der Waals surface area contributed by atoms with Gasteiger partial charge in [0.2, 0.25) is 5.91 Å². The van der Waals surface area contributed by atoms with Crippen molar-refractivity contribution >= 4 is 35.4 Å². The Hall–Kier alpha value is -1.44. The smallest absolute Gasteiger partial charge is 0.412 e. The number of piperazine rings is 1. The summed E-state index contributed by atoms with van der Waals surface area (Å²) in [5, 5.41) is 0.370. The molecule has 0 radical (unpaired) electrons. The van der Waals surface area contributed by atoms with Gasteiger partial charge in [0.05, 0.1) is 0 Å². The lowest BCUT2D eigenvalue weighted by Gasteiger charge is -2.37. The van der Waals surface area contributed by atoms with E-state index in [9.17, 15) is 9.59 Å². The van der Waals surface area contributed by atoms with Gasteiger partial charge >= 0.3 is 6.09 Å². The number of nitrogens with zero attached hydrogens (tertiary/aromatic N) is 3. The molecule has 8 heteroatoms. The Kier molecular flexibility index (Phi) is 6.47. The van der Waals surface area contributed by atoms with E-state index >= 15 is 0 Å². The van der Waals surface area contributed by atoms with Crippen LogP contribution in [-0.4, -0.2) is 77.3 Å². The number of benzene rings is 1. The van der Waals surface area contributed by atoms with Crippen molar-refractivity contribution in [2.75, 3.05) is 39.0 Å². The molecule has 28 heavy (non-hydrogen) atoms. The first kappa shape index (κ1) is 21.3. The molecule has 0 unspecified atom stereocenters. The third-order valence-corrected chi connectivity index (χ3v) is 6.44. The van der Waals surface area contributed by atoms with E-state index in [0.717, 1.165) is 18.7 Å². The number of hydrogen-bond acceptors (Lipinski definition) is 5. The molecule has 2 aliphatic heterocycles. The molecular weight excluding hydrogens is 398 g/mol. The number of likely N-dealkylation sites (N-methyl/N-ethyl adjacent to an activating group) is 1. The van der Waals surface area contributed by atoms with Gasteiger partial charge in [0.1, 0.15) is 17.0 Å². The van der Waals surface area contributed by atoms with Crippen LogP contribution in [0.4, 0.5) is 4.79 Å². The molecule has 0 spiro atoms. The van der Waals surface area contributed by atoms with Crippen LogP contribution >= 0.6 is 23.4 Å². The van der Waals surface area contributed by atoms with Crippen molar-refractivity contribution in [1.29, 1.82) is 0 Å². The zero-order valence-electron chi connectivity index (χ0n) is 16.9. The topological polar surface area (TPSA) is 53.1 Å². The number of ether oxygens (including phenoxy) is 1. The molecule has 3 rings (SSSR count). The van der Waals surface area contributed by atoms with E-state index in [0.29, 0.717) is 23.9 Å². The first-order chi connectivity index (χ1) is 13.2. The van der Waals surface area contributed by atoms with Gasteiger partial charge in [-0.3, -0.25) is 9.69 Å². The van der Waals surface area contributed by atoms with Crippen LogP contribution in [0.2, 0.25) is 5.02 Å². The van der Waals surface area contributed by atoms with E-state index in [1.165, 1.54) is 0 Å². The second-order valence-electron chi connectivity index (χ2n) is 8.27. The Morgan fingerprint density at radius 3 is 2.29 bits per heavy atom. The van der Waals surface area contributed by atoms with Gasteiger partial charge in [-0.15, -0.1) is 11.8 Å². The van der Waals surface area contributed by atoms with Crippen LogP contribution in [0.3, 0.4) is 0 Å². The average Bonchev–Trinajstić information content (AvgIpc) is 3.06. The highest BCUT2D eigenvalue weighted by atomic mass is 35.5. The summed E-state index contributed by atoms with van der Waals surface area (Å²) in [4.78, 5) is 32.0. The number of thioether (sulfide) groups is 1. The standard InChI is InChI=1S/C20H28ClN3O3S/c1-20(2,3)27-19(26)24-16(17(25)23-11-9-22(4)10-12-23)13-28-18(24)14-5-7-15(21)8-6-14/h5-8,16,18H,9-13H2,1-4H3/t16-,18+/m0/s1. The minimum Gasteiger partial charge on any atom is -0.444 e. The summed E-state index contributed by atoms with van der Waals surface area (Å²) in [5.41, 5.74) is 0.310. The summed E-state index contributed by atoms with van der Waals surface area (Å²) in [6, 6.07) is 6.89. The molecule has 2 aliphatic rings. The number of amides is 2. The second kappa shape index (κ2) is 8.51. The zero-order valence-corrected chi connectivity index (χ0v) is 18.4. The van der Waals surface area contributed by atoms with Crippen LogP contribution in [0.25, 0.3) is 0 Å². The normalized spacial score (nSPS) is 23.8. The number of carbonyl (C=O) groups is 2. The van der Waals surface area contributed by atoms with E-state index in [2.05, 4.69) is 11.9 Å². The SMILES string of the molecule is CN1CCN(C(=O)[C@@H]2CS[C@H](c3ccc(Cl)cc3)N2C(=O)OC(C)(C)C)CC1. The van der Waals surface area contributed by atoms with Gasteiger partial charge in [0.15, 0.2) is 0 Å². The van der Waals surface area contributed by atoms with Gasteiger partial charge in [0.25, 0.3) is 0 Å². The highest BCUT2D eigenvalue weighted by Crippen LogP contribution is 2.43. The fourth-order valence-corrected chi connectivity index (χ4v) is 4.89. The predicted molar refractivity (Wildman–Crippen MR) is 113 cm³/mol. The summed E-state index contributed by atoms with van der Waals surface area (Å²) in [5.74, 6) is 0.556. The van der Waals surface area contributed by atoms with Crippen molar-refractivity contribution in [2.45, 2.75) is 37.8 Å². The van der Waals surface area contributed by atoms with E-state index in [1.54, 1.807) is 28.8 Å².